The lowest BCUT2D eigenvalue weighted by Gasteiger charge is -2.32. The van der Waals surface area contributed by atoms with Crippen molar-refractivity contribution in [2.75, 3.05) is 0 Å². The first-order valence-corrected chi connectivity index (χ1v) is 19.7. The van der Waals surface area contributed by atoms with E-state index in [-0.39, 0.29) is 23.7 Å². The quantitative estimate of drug-likeness (QED) is 0.164. The van der Waals surface area contributed by atoms with Gasteiger partial charge in [0.2, 0.25) is 0 Å². The molecule has 6 aromatic rings. The van der Waals surface area contributed by atoms with Crippen LogP contribution in [0.25, 0.3) is 22.1 Å². The average molecular weight is 816 g/mol. The molecular weight excluding hydrogens is 773 g/mol. The van der Waals surface area contributed by atoms with E-state index in [2.05, 4.69) is 33.8 Å². The first-order chi connectivity index (χ1) is 26.6. The lowest BCUT2D eigenvalue weighted by atomic mass is 9.74. The van der Waals surface area contributed by atoms with Crippen LogP contribution in [-0.4, -0.2) is 29.9 Å². The normalized spacial score (nSPS) is 21.8. The van der Waals surface area contributed by atoms with Crippen molar-refractivity contribution in [2.24, 2.45) is 11.8 Å². The number of rotatable bonds is 6. The van der Waals surface area contributed by atoms with Crippen LogP contribution in [0.2, 0.25) is 10.0 Å². The summed E-state index contributed by atoms with van der Waals surface area (Å²) in [4.78, 5) is 23.1. The predicted octanol–water partition coefficient (Wildman–Crippen LogP) is 13.4. The van der Waals surface area contributed by atoms with Gasteiger partial charge in [-0.3, -0.25) is 9.97 Å². The van der Waals surface area contributed by atoms with Gasteiger partial charge in [0, 0.05) is 34.3 Å². The molecule has 2 saturated carbocycles. The first kappa shape index (κ1) is 40.1. The summed E-state index contributed by atoms with van der Waals surface area (Å²) < 4.78 is 77.5. The molecule has 2 aliphatic rings. The fraction of sp³-hybridized carbons (Fsp3) is 0.429. The van der Waals surface area contributed by atoms with Gasteiger partial charge in [-0.1, -0.05) is 37.0 Å². The van der Waals surface area contributed by atoms with Crippen LogP contribution in [0, 0.1) is 11.8 Å². The summed E-state index contributed by atoms with van der Waals surface area (Å²) in [5.41, 5.74) is 3.54. The zero-order valence-electron chi connectivity index (χ0n) is 30.9. The highest BCUT2D eigenvalue weighted by Gasteiger charge is 2.36. The minimum atomic E-state index is -4.40. The summed E-state index contributed by atoms with van der Waals surface area (Å²) in [6, 6.07) is 17.1. The van der Waals surface area contributed by atoms with E-state index in [1.165, 1.54) is 24.5 Å². The summed E-state index contributed by atoms with van der Waals surface area (Å²) in [5, 5.41) is 1.35. The number of alkyl halides is 6. The number of hydrogen-bond acceptors (Lipinski definition) is 4. The highest BCUT2D eigenvalue weighted by molar-refractivity contribution is 6.31. The summed E-state index contributed by atoms with van der Waals surface area (Å²) in [6.07, 6.45) is 1.12. The Balaban J connectivity index is 0.000000172. The van der Waals surface area contributed by atoms with E-state index in [9.17, 15) is 26.3 Å². The van der Waals surface area contributed by atoms with Gasteiger partial charge in [0.15, 0.2) is 0 Å². The molecular formula is C42H42Cl2F6N6. The van der Waals surface area contributed by atoms with Crippen LogP contribution in [0.3, 0.4) is 0 Å². The molecule has 0 saturated heterocycles. The smallest absolute Gasteiger partial charge is 0.342 e. The topological polar surface area (TPSA) is 83.1 Å². The molecule has 4 heterocycles. The van der Waals surface area contributed by atoms with Gasteiger partial charge in [0.25, 0.3) is 0 Å². The van der Waals surface area contributed by atoms with Crippen LogP contribution in [0.5, 0.6) is 0 Å². The molecule has 2 aliphatic carbocycles. The summed E-state index contributed by atoms with van der Waals surface area (Å²) >= 11 is 12.1. The number of halogens is 8. The SMILES string of the molecule is CC(c1nc2ccc(Cl)cc2[nH]1)C1CCC(c2ccnc(C(F)(F)F)c2)CC1.CC(c1nc2ccc(Cl)cc2[nH]1)C1CCC(c2ccnc(C(F)(F)F)c2)CC1. The van der Waals surface area contributed by atoms with Crippen molar-refractivity contribution in [1.29, 1.82) is 0 Å². The van der Waals surface area contributed by atoms with E-state index in [4.69, 9.17) is 33.2 Å². The fourth-order valence-corrected chi connectivity index (χ4v) is 8.84. The van der Waals surface area contributed by atoms with Gasteiger partial charge in [-0.15, -0.1) is 0 Å². The van der Waals surface area contributed by atoms with Gasteiger partial charge in [-0.05, 0) is 147 Å². The van der Waals surface area contributed by atoms with Crippen molar-refractivity contribution in [3.8, 4) is 0 Å². The number of pyridine rings is 2. The zero-order chi connectivity index (χ0) is 39.8. The Morgan fingerprint density at radius 1 is 0.554 bits per heavy atom. The van der Waals surface area contributed by atoms with Gasteiger partial charge in [-0.25, -0.2) is 9.97 Å². The minimum Gasteiger partial charge on any atom is -0.342 e. The Morgan fingerprint density at radius 3 is 1.29 bits per heavy atom. The molecule has 0 bridgehead atoms. The molecule has 0 spiro atoms. The third-order valence-corrected chi connectivity index (χ3v) is 12.3. The second-order valence-corrected chi connectivity index (χ2v) is 16.2. The Hall–Kier alpha value is -4.16. The molecule has 4 aromatic heterocycles. The van der Waals surface area contributed by atoms with E-state index in [0.29, 0.717) is 21.9 Å². The Labute approximate surface area is 330 Å². The van der Waals surface area contributed by atoms with E-state index in [1.54, 1.807) is 12.1 Å². The third kappa shape index (κ3) is 9.17. The van der Waals surface area contributed by atoms with E-state index in [0.717, 1.165) is 96.2 Å². The number of imidazole rings is 2. The van der Waals surface area contributed by atoms with Crippen LogP contribution < -0.4 is 0 Å². The van der Waals surface area contributed by atoms with Gasteiger partial charge in [0.05, 0.1) is 22.1 Å². The molecule has 0 radical (unpaired) electrons. The number of aromatic amines is 2. The Bertz CT molecular complexity index is 2110. The molecule has 2 N–H and O–H groups in total. The van der Waals surface area contributed by atoms with Crippen molar-refractivity contribution < 1.29 is 26.3 Å². The van der Waals surface area contributed by atoms with Crippen LogP contribution in [0.4, 0.5) is 26.3 Å². The minimum absolute atomic E-state index is 0.155. The maximum absolute atomic E-state index is 12.9. The monoisotopic (exact) mass is 814 g/mol. The van der Waals surface area contributed by atoms with Crippen molar-refractivity contribution in [1.82, 2.24) is 29.9 Å². The van der Waals surface area contributed by atoms with Crippen molar-refractivity contribution >= 4 is 45.3 Å². The highest BCUT2D eigenvalue weighted by atomic mass is 35.5. The molecule has 6 nitrogen and oxygen atoms in total. The molecule has 8 rings (SSSR count). The number of nitrogens with zero attached hydrogens (tertiary/aromatic N) is 4. The summed E-state index contributed by atoms with van der Waals surface area (Å²) in [7, 11) is 0. The second-order valence-electron chi connectivity index (χ2n) is 15.3. The first-order valence-electron chi connectivity index (χ1n) is 19.0. The average Bonchev–Trinajstić information content (AvgIpc) is 3.81. The van der Waals surface area contributed by atoms with Crippen molar-refractivity contribution in [2.45, 2.75) is 101 Å². The molecule has 0 aliphatic heterocycles. The van der Waals surface area contributed by atoms with Crippen LogP contribution in [0.1, 0.15) is 123 Å². The maximum atomic E-state index is 12.9. The number of hydrogen-bond donors (Lipinski definition) is 2. The number of nitrogens with one attached hydrogen (secondary N) is 2. The molecule has 0 amide bonds. The highest BCUT2D eigenvalue weighted by Crippen LogP contribution is 2.44. The van der Waals surface area contributed by atoms with Crippen LogP contribution >= 0.6 is 23.2 Å². The number of benzene rings is 2. The summed E-state index contributed by atoms with van der Waals surface area (Å²) in [5.74, 6) is 3.63. The van der Waals surface area contributed by atoms with Gasteiger partial charge >= 0.3 is 12.4 Å². The molecule has 2 fully saturated rings. The second kappa shape index (κ2) is 16.4. The Morgan fingerprint density at radius 2 is 0.929 bits per heavy atom. The van der Waals surface area contributed by atoms with Crippen molar-refractivity contribution in [3.63, 3.8) is 0 Å². The van der Waals surface area contributed by atoms with Crippen molar-refractivity contribution in [3.05, 3.63) is 117 Å². The zero-order valence-corrected chi connectivity index (χ0v) is 32.4. The third-order valence-electron chi connectivity index (χ3n) is 11.8. The van der Waals surface area contributed by atoms with Crippen LogP contribution in [-0.2, 0) is 12.4 Å². The van der Waals surface area contributed by atoms with Gasteiger partial charge in [-0.2, -0.15) is 26.3 Å². The molecule has 2 atom stereocenters. The summed E-state index contributed by atoms with van der Waals surface area (Å²) in [6.45, 7) is 4.33. The Kier molecular flexibility index (Phi) is 11.7. The van der Waals surface area contributed by atoms with E-state index in [1.807, 2.05) is 36.4 Å². The predicted molar refractivity (Wildman–Crippen MR) is 207 cm³/mol. The molecule has 2 aromatic carbocycles. The van der Waals surface area contributed by atoms with Gasteiger partial charge < -0.3 is 9.97 Å². The fourth-order valence-electron chi connectivity index (χ4n) is 8.50. The van der Waals surface area contributed by atoms with Crippen LogP contribution in [0.15, 0.2) is 73.1 Å². The number of fused-ring (bicyclic) bond motifs is 2. The standard InChI is InChI=1S/2C21H21ClF3N3/c2*1-12(20-27-17-7-6-16(22)11-18(17)28-20)13-2-4-14(5-3-13)15-8-9-26-19(10-15)21(23,24)25/h2*6-14H,2-5H2,1H3,(H,27,28). The van der Waals surface area contributed by atoms with E-state index < -0.39 is 23.7 Å². The van der Waals surface area contributed by atoms with E-state index >= 15 is 0 Å². The largest absolute Gasteiger partial charge is 0.433 e. The van der Waals surface area contributed by atoms with Gasteiger partial charge in [0.1, 0.15) is 23.0 Å². The lowest BCUT2D eigenvalue weighted by Crippen LogP contribution is -2.19. The molecule has 296 valence electrons. The molecule has 2 unspecified atom stereocenters. The lowest BCUT2D eigenvalue weighted by molar-refractivity contribution is -0.142. The maximum Gasteiger partial charge on any atom is 0.433 e. The molecule has 56 heavy (non-hydrogen) atoms. The number of aromatic nitrogens is 6. The number of H-pyrrole nitrogens is 2. The molecule has 14 heteroatoms.